The van der Waals surface area contributed by atoms with Gasteiger partial charge >= 0.3 is 6.03 Å². The lowest BCUT2D eigenvalue weighted by Gasteiger charge is -2.34. The number of ether oxygens (including phenoxy) is 1. The van der Waals surface area contributed by atoms with Crippen LogP contribution in [0.15, 0.2) is 24.3 Å². The van der Waals surface area contributed by atoms with Crippen LogP contribution in [0.2, 0.25) is 0 Å². The Bertz CT molecular complexity index is 499. The van der Waals surface area contributed by atoms with Gasteiger partial charge in [-0.05, 0) is 44.6 Å². The molecule has 1 fully saturated rings. The lowest BCUT2D eigenvalue weighted by Crippen LogP contribution is -2.42. The molecule has 0 heterocycles. The van der Waals surface area contributed by atoms with Gasteiger partial charge in [0.15, 0.2) is 0 Å². The van der Waals surface area contributed by atoms with Crippen LogP contribution in [0.4, 0.5) is 10.5 Å². The van der Waals surface area contributed by atoms with E-state index in [1.165, 1.54) is 0 Å². The van der Waals surface area contributed by atoms with Gasteiger partial charge in [-0.2, -0.15) is 0 Å². The maximum absolute atomic E-state index is 12.5. The molecule has 0 radical (unpaired) electrons. The van der Waals surface area contributed by atoms with Crippen LogP contribution in [0.3, 0.4) is 0 Å². The highest BCUT2D eigenvalue weighted by molar-refractivity contribution is 5.90. The molecule has 1 aliphatic carbocycles. The highest BCUT2D eigenvalue weighted by Gasteiger charge is 2.26. The first kappa shape index (κ1) is 17.8. The number of aliphatic hydroxyl groups excluding tert-OH is 1. The number of urea groups is 1. The summed E-state index contributed by atoms with van der Waals surface area (Å²) in [6, 6.07) is 7.90. The standard InChI is InChI=1S/C18H28N2O3/c1-3-23-13-15-6-4-5-7-17(15)19-18(22)20(2)16-10-8-14(12-21)9-11-16/h4-7,14,16,21H,3,8-13H2,1-2H3,(H,19,22). The normalized spacial score (nSPS) is 21.0. The zero-order valence-corrected chi connectivity index (χ0v) is 14.1. The molecule has 0 aromatic heterocycles. The van der Waals surface area contributed by atoms with Gasteiger partial charge in [-0.15, -0.1) is 0 Å². The molecule has 2 rings (SSSR count). The highest BCUT2D eigenvalue weighted by atomic mass is 16.5. The molecule has 1 aromatic carbocycles. The second kappa shape index (κ2) is 8.89. The fraction of sp³-hybridized carbons (Fsp3) is 0.611. The molecule has 5 nitrogen and oxygen atoms in total. The summed E-state index contributed by atoms with van der Waals surface area (Å²) in [6.45, 7) is 3.36. The molecular weight excluding hydrogens is 292 g/mol. The van der Waals surface area contributed by atoms with Gasteiger partial charge < -0.3 is 20.1 Å². The molecule has 1 saturated carbocycles. The first-order chi connectivity index (χ1) is 11.2. The Balaban J connectivity index is 1.93. The van der Waals surface area contributed by atoms with Crippen molar-refractivity contribution < 1.29 is 14.6 Å². The van der Waals surface area contributed by atoms with E-state index in [2.05, 4.69) is 5.32 Å². The number of carbonyl (C=O) groups excluding carboxylic acids is 1. The maximum Gasteiger partial charge on any atom is 0.321 e. The summed E-state index contributed by atoms with van der Waals surface area (Å²) in [5.41, 5.74) is 1.79. The second-order valence-electron chi connectivity index (χ2n) is 6.19. The summed E-state index contributed by atoms with van der Waals surface area (Å²) in [5, 5.41) is 12.2. The molecule has 5 heteroatoms. The molecule has 128 valence electrons. The van der Waals surface area contributed by atoms with Crippen molar-refractivity contribution in [2.24, 2.45) is 5.92 Å². The number of rotatable bonds is 6. The minimum absolute atomic E-state index is 0.0820. The van der Waals surface area contributed by atoms with Crippen LogP contribution in [-0.4, -0.2) is 42.3 Å². The van der Waals surface area contributed by atoms with E-state index in [1.54, 1.807) is 4.90 Å². The van der Waals surface area contributed by atoms with Crippen molar-refractivity contribution in [1.82, 2.24) is 4.90 Å². The van der Waals surface area contributed by atoms with Crippen LogP contribution < -0.4 is 5.32 Å². The quantitative estimate of drug-likeness (QED) is 0.846. The number of para-hydroxylation sites is 1. The highest BCUT2D eigenvalue weighted by Crippen LogP contribution is 2.27. The monoisotopic (exact) mass is 320 g/mol. The molecule has 2 N–H and O–H groups in total. The molecule has 0 unspecified atom stereocenters. The average Bonchev–Trinajstić information content (AvgIpc) is 2.60. The number of hydrogen-bond acceptors (Lipinski definition) is 3. The predicted octanol–water partition coefficient (Wildman–Crippen LogP) is 3.24. The third kappa shape index (κ3) is 4.94. The first-order valence-corrected chi connectivity index (χ1v) is 8.46. The number of nitrogens with one attached hydrogen (secondary N) is 1. The molecule has 0 spiro atoms. The van der Waals surface area contributed by atoms with Crippen LogP contribution >= 0.6 is 0 Å². The number of anilines is 1. The Morgan fingerprint density at radius 2 is 2.00 bits per heavy atom. The van der Waals surface area contributed by atoms with Gasteiger partial charge in [0.05, 0.1) is 6.61 Å². The summed E-state index contributed by atoms with van der Waals surface area (Å²) in [4.78, 5) is 14.3. The summed E-state index contributed by atoms with van der Waals surface area (Å²) in [5.74, 6) is 0.398. The van der Waals surface area contributed by atoms with Crippen LogP contribution in [0.5, 0.6) is 0 Å². The fourth-order valence-corrected chi connectivity index (χ4v) is 3.06. The van der Waals surface area contributed by atoms with Crippen LogP contribution in [0.25, 0.3) is 0 Å². The van der Waals surface area contributed by atoms with E-state index in [0.717, 1.165) is 36.9 Å². The first-order valence-electron chi connectivity index (χ1n) is 8.46. The van der Waals surface area contributed by atoms with Crippen molar-refractivity contribution >= 4 is 11.7 Å². The Kier molecular flexibility index (Phi) is 6.86. The zero-order chi connectivity index (χ0) is 16.7. The molecular formula is C18H28N2O3. The smallest absolute Gasteiger partial charge is 0.321 e. The molecule has 0 aliphatic heterocycles. The van der Waals surface area contributed by atoms with E-state index < -0.39 is 0 Å². The van der Waals surface area contributed by atoms with Crippen molar-refractivity contribution in [2.45, 2.75) is 45.3 Å². The van der Waals surface area contributed by atoms with Crippen molar-refractivity contribution in [3.8, 4) is 0 Å². The lowest BCUT2D eigenvalue weighted by molar-refractivity contribution is 0.134. The largest absolute Gasteiger partial charge is 0.396 e. The molecule has 1 aliphatic rings. The Labute approximate surface area is 138 Å². The van der Waals surface area contributed by atoms with Gasteiger partial charge in [-0.25, -0.2) is 4.79 Å². The number of nitrogens with zero attached hydrogens (tertiary/aromatic N) is 1. The van der Waals surface area contributed by atoms with E-state index in [1.807, 2.05) is 38.2 Å². The maximum atomic E-state index is 12.5. The number of aliphatic hydroxyl groups is 1. The summed E-state index contributed by atoms with van der Waals surface area (Å²) >= 11 is 0. The zero-order valence-electron chi connectivity index (χ0n) is 14.1. The summed E-state index contributed by atoms with van der Waals surface area (Å²) < 4.78 is 5.45. The third-order valence-electron chi connectivity index (χ3n) is 4.66. The van der Waals surface area contributed by atoms with Crippen LogP contribution in [0, 0.1) is 5.92 Å². The third-order valence-corrected chi connectivity index (χ3v) is 4.66. The Morgan fingerprint density at radius 1 is 1.30 bits per heavy atom. The number of hydrogen-bond donors (Lipinski definition) is 2. The van der Waals surface area contributed by atoms with Crippen LogP contribution in [0.1, 0.15) is 38.2 Å². The minimum Gasteiger partial charge on any atom is -0.396 e. The van der Waals surface area contributed by atoms with Gasteiger partial charge in [0.25, 0.3) is 0 Å². The van der Waals surface area contributed by atoms with E-state index in [0.29, 0.717) is 19.1 Å². The summed E-state index contributed by atoms with van der Waals surface area (Å²) in [6.07, 6.45) is 3.88. The predicted molar refractivity (Wildman–Crippen MR) is 91.4 cm³/mol. The van der Waals surface area contributed by atoms with E-state index in [-0.39, 0.29) is 18.7 Å². The van der Waals surface area contributed by atoms with Crippen molar-refractivity contribution in [1.29, 1.82) is 0 Å². The molecule has 1 aromatic rings. The molecule has 0 saturated heterocycles. The Hall–Kier alpha value is -1.59. The number of carbonyl (C=O) groups is 1. The fourth-order valence-electron chi connectivity index (χ4n) is 3.06. The van der Waals surface area contributed by atoms with Gasteiger partial charge in [0.1, 0.15) is 0 Å². The molecule has 0 bridgehead atoms. The number of amides is 2. The van der Waals surface area contributed by atoms with Crippen molar-refractivity contribution in [3.63, 3.8) is 0 Å². The topological polar surface area (TPSA) is 61.8 Å². The lowest BCUT2D eigenvalue weighted by atomic mass is 9.86. The van der Waals surface area contributed by atoms with Gasteiger partial charge in [-0.3, -0.25) is 0 Å². The van der Waals surface area contributed by atoms with Crippen molar-refractivity contribution in [2.75, 3.05) is 25.6 Å². The molecule has 23 heavy (non-hydrogen) atoms. The Morgan fingerprint density at radius 3 is 2.65 bits per heavy atom. The molecule has 0 atom stereocenters. The summed E-state index contributed by atoms with van der Waals surface area (Å²) in [7, 11) is 1.85. The minimum atomic E-state index is -0.0820. The molecule has 2 amide bonds. The van der Waals surface area contributed by atoms with Crippen LogP contribution in [-0.2, 0) is 11.3 Å². The second-order valence-corrected chi connectivity index (χ2v) is 6.19. The van der Waals surface area contributed by atoms with E-state index >= 15 is 0 Å². The van der Waals surface area contributed by atoms with Gasteiger partial charge in [0.2, 0.25) is 0 Å². The van der Waals surface area contributed by atoms with E-state index in [9.17, 15) is 9.90 Å². The van der Waals surface area contributed by atoms with Gasteiger partial charge in [0, 0.05) is 37.6 Å². The average molecular weight is 320 g/mol. The van der Waals surface area contributed by atoms with Crippen molar-refractivity contribution in [3.05, 3.63) is 29.8 Å². The van der Waals surface area contributed by atoms with Gasteiger partial charge in [-0.1, -0.05) is 18.2 Å². The van der Waals surface area contributed by atoms with E-state index in [4.69, 9.17) is 4.74 Å². The SMILES string of the molecule is CCOCc1ccccc1NC(=O)N(C)C1CCC(CO)CC1. The number of benzene rings is 1.